The van der Waals surface area contributed by atoms with Gasteiger partial charge in [-0.2, -0.15) is 0 Å². The number of allylic oxidation sites excluding steroid dienone is 1. The van der Waals surface area contributed by atoms with E-state index in [1.54, 1.807) is 27.8 Å². The van der Waals surface area contributed by atoms with Crippen molar-refractivity contribution in [3.63, 3.8) is 0 Å². The van der Waals surface area contributed by atoms with Gasteiger partial charge in [0.2, 0.25) is 15.0 Å². The molecule has 0 spiro atoms. The zero-order valence-electron chi connectivity index (χ0n) is 18.0. The Morgan fingerprint density at radius 1 is 1.34 bits per heavy atom. The van der Waals surface area contributed by atoms with Crippen molar-refractivity contribution in [3.05, 3.63) is 34.4 Å². The summed E-state index contributed by atoms with van der Waals surface area (Å²) in [6.45, 7) is 8.34. The Bertz CT molecular complexity index is 1180. The number of β-lactam (4-membered cyclic amide) rings is 1. The number of sulfone groups is 1. The number of hydrogen-bond acceptors (Lipinski definition) is 11. The number of rotatable bonds is 5. The van der Waals surface area contributed by atoms with Crippen molar-refractivity contribution in [2.45, 2.75) is 36.9 Å². The van der Waals surface area contributed by atoms with E-state index in [0.29, 0.717) is 4.90 Å². The molecule has 166 valence electrons. The SMILES string of the molecule is C=C1C(CSc2nnnn2C)=C(C(=O)[O-])N2C(=O)/C(=C/C(=O)OC(C)(C)C)[C@H]2S1(=O)=O.[Na+]. The minimum Gasteiger partial charge on any atom is -0.543 e. The number of aliphatic carboxylic acids is 1. The first-order chi connectivity index (χ1) is 14.3. The molecule has 0 unspecified atom stereocenters. The van der Waals surface area contributed by atoms with Crippen molar-refractivity contribution >= 4 is 39.4 Å². The Labute approximate surface area is 209 Å². The predicted molar refractivity (Wildman–Crippen MR) is 104 cm³/mol. The molecule has 0 aromatic carbocycles. The number of aromatic nitrogens is 4. The van der Waals surface area contributed by atoms with Gasteiger partial charge in [0.25, 0.3) is 5.91 Å². The number of hydrogen-bond donors (Lipinski definition) is 0. The van der Waals surface area contributed by atoms with E-state index in [-0.39, 0.29) is 46.0 Å². The Hall–Kier alpha value is -2.00. The maximum atomic E-state index is 13.0. The average Bonchev–Trinajstić information content (AvgIpc) is 3.03. The van der Waals surface area contributed by atoms with Crippen LogP contribution >= 0.6 is 11.8 Å². The largest absolute Gasteiger partial charge is 1.00 e. The summed E-state index contributed by atoms with van der Waals surface area (Å²) in [7, 11) is -2.73. The fraction of sp³-hybridized carbons (Fsp3) is 0.412. The number of carbonyl (C=O) groups excluding carboxylic acids is 3. The average molecular weight is 491 g/mol. The summed E-state index contributed by atoms with van der Waals surface area (Å²) in [4.78, 5) is 36.6. The summed E-state index contributed by atoms with van der Waals surface area (Å²) in [6.07, 6.45) is 0.761. The topological polar surface area (TPSA) is 164 Å². The van der Waals surface area contributed by atoms with Crippen LogP contribution in [0.5, 0.6) is 0 Å². The molecule has 0 bridgehead atoms. The van der Waals surface area contributed by atoms with Crippen molar-refractivity contribution < 1.29 is 62.2 Å². The number of esters is 1. The van der Waals surface area contributed by atoms with Crippen LogP contribution in [-0.2, 0) is 36.0 Å². The van der Waals surface area contributed by atoms with E-state index in [0.717, 1.165) is 17.8 Å². The van der Waals surface area contributed by atoms with E-state index in [1.807, 2.05) is 0 Å². The van der Waals surface area contributed by atoms with E-state index in [9.17, 15) is 27.9 Å². The van der Waals surface area contributed by atoms with Gasteiger partial charge in [0.1, 0.15) is 5.60 Å². The number of carboxylic acids is 1. The van der Waals surface area contributed by atoms with Gasteiger partial charge in [0.15, 0.2) is 5.37 Å². The number of tetrazole rings is 1. The number of fused-ring (bicyclic) bond motifs is 1. The fourth-order valence-electron chi connectivity index (χ4n) is 2.97. The first-order valence-electron chi connectivity index (χ1n) is 8.76. The summed E-state index contributed by atoms with van der Waals surface area (Å²) in [5.74, 6) is -3.82. The van der Waals surface area contributed by atoms with Crippen LogP contribution in [0.4, 0.5) is 0 Å². The monoisotopic (exact) mass is 491 g/mol. The zero-order valence-corrected chi connectivity index (χ0v) is 21.6. The second-order valence-corrected chi connectivity index (χ2v) is 10.6. The number of carboxylic acid groups (broad SMARTS) is 1. The molecule has 1 fully saturated rings. The third kappa shape index (κ3) is 4.69. The number of ether oxygens (including phenoxy) is 1. The van der Waals surface area contributed by atoms with Crippen molar-refractivity contribution in [1.82, 2.24) is 25.1 Å². The molecule has 1 aromatic rings. The summed E-state index contributed by atoms with van der Waals surface area (Å²) in [6, 6.07) is 0. The number of carbonyl (C=O) groups is 3. The first-order valence-corrected chi connectivity index (χ1v) is 11.3. The molecule has 0 N–H and O–H groups in total. The standard InChI is InChI=1S/C17H19N5O7S2.Na/c1-8-10(7-30-16-18-19-20-21(16)5)12(15(25)26)22-13(24)9(14(22)31(8,27)28)6-11(23)29-17(2,3)4;/h6,14H,1,7H2,2-5H3,(H,25,26);/q;+1/p-1/b9-6-;/t14-;/m1./s1. The molecular formula is C17H18N5NaO7S2. The van der Waals surface area contributed by atoms with Crippen LogP contribution in [0.15, 0.2) is 39.6 Å². The van der Waals surface area contributed by atoms with Gasteiger partial charge in [-0.15, -0.1) is 5.10 Å². The zero-order chi connectivity index (χ0) is 23.3. The molecule has 15 heteroatoms. The Kier molecular flexibility index (Phi) is 7.46. The van der Waals surface area contributed by atoms with E-state index in [4.69, 9.17) is 4.74 Å². The minimum absolute atomic E-state index is 0. The second-order valence-electron chi connectivity index (χ2n) is 7.62. The molecule has 1 saturated heterocycles. The molecule has 2 aliphatic heterocycles. The van der Waals surface area contributed by atoms with Gasteiger partial charge in [-0.3, -0.25) is 9.69 Å². The number of aryl methyl sites for hydroxylation is 1. The predicted octanol–water partition coefficient (Wildman–Crippen LogP) is -4.31. The summed E-state index contributed by atoms with van der Waals surface area (Å²) in [5.41, 5.74) is -2.11. The summed E-state index contributed by atoms with van der Waals surface area (Å²) < 4.78 is 32.4. The van der Waals surface area contributed by atoms with Crippen LogP contribution in [0.1, 0.15) is 20.8 Å². The van der Waals surface area contributed by atoms with Crippen LogP contribution in [0.3, 0.4) is 0 Å². The molecule has 1 aromatic heterocycles. The molecule has 32 heavy (non-hydrogen) atoms. The summed E-state index contributed by atoms with van der Waals surface area (Å²) in [5, 5.41) is 21.2. The van der Waals surface area contributed by atoms with E-state index in [2.05, 4.69) is 22.1 Å². The first kappa shape index (κ1) is 26.3. The third-order valence-corrected chi connectivity index (χ3v) is 7.29. The van der Waals surface area contributed by atoms with Crippen LogP contribution < -0.4 is 34.7 Å². The second kappa shape index (κ2) is 9.09. The fourth-order valence-corrected chi connectivity index (χ4v) is 5.73. The maximum absolute atomic E-state index is 13.0. The van der Waals surface area contributed by atoms with Crippen LogP contribution in [0, 0.1) is 0 Å². The molecule has 1 atom stereocenters. The third-order valence-electron chi connectivity index (χ3n) is 4.27. The van der Waals surface area contributed by atoms with Crippen molar-refractivity contribution in [2.75, 3.05) is 5.75 Å². The van der Waals surface area contributed by atoms with Gasteiger partial charge in [0.05, 0.1) is 22.1 Å². The molecule has 1 amide bonds. The number of thioether (sulfide) groups is 1. The maximum Gasteiger partial charge on any atom is 1.00 e. The minimum atomic E-state index is -4.28. The van der Waals surface area contributed by atoms with Crippen molar-refractivity contribution in [2.24, 2.45) is 7.05 Å². The van der Waals surface area contributed by atoms with Crippen molar-refractivity contribution in [3.8, 4) is 0 Å². The Morgan fingerprint density at radius 2 is 1.97 bits per heavy atom. The van der Waals surface area contributed by atoms with Gasteiger partial charge < -0.3 is 14.6 Å². The molecule has 2 aliphatic rings. The van der Waals surface area contributed by atoms with Crippen LogP contribution in [0.25, 0.3) is 0 Å². The molecule has 0 aliphatic carbocycles. The summed E-state index contributed by atoms with van der Waals surface area (Å²) >= 11 is 0.958. The van der Waals surface area contributed by atoms with Crippen molar-refractivity contribution in [1.29, 1.82) is 0 Å². The Balaban J connectivity index is 0.00000363. The van der Waals surface area contributed by atoms with Gasteiger partial charge in [-0.05, 0) is 31.2 Å². The van der Waals surface area contributed by atoms with Gasteiger partial charge in [0, 0.05) is 24.4 Å². The molecule has 12 nitrogen and oxygen atoms in total. The molecule has 3 heterocycles. The van der Waals surface area contributed by atoms with E-state index < -0.39 is 54.8 Å². The number of nitrogens with zero attached hydrogens (tertiary/aromatic N) is 5. The van der Waals surface area contributed by atoms with Gasteiger partial charge in [-0.1, -0.05) is 18.3 Å². The van der Waals surface area contributed by atoms with E-state index in [1.165, 1.54) is 4.68 Å². The quantitative estimate of drug-likeness (QED) is 0.129. The molecular weight excluding hydrogens is 473 g/mol. The van der Waals surface area contributed by atoms with Gasteiger partial charge in [-0.25, -0.2) is 17.9 Å². The smallest absolute Gasteiger partial charge is 0.543 e. The van der Waals surface area contributed by atoms with Crippen LogP contribution in [-0.4, -0.2) is 68.1 Å². The Morgan fingerprint density at radius 3 is 2.47 bits per heavy atom. The molecule has 0 radical (unpaired) electrons. The van der Waals surface area contributed by atoms with Gasteiger partial charge >= 0.3 is 35.5 Å². The molecule has 3 rings (SSSR count). The van der Waals surface area contributed by atoms with E-state index >= 15 is 0 Å². The molecule has 0 saturated carbocycles. The normalized spacial score (nSPS) is 21.1. The van der Waals surface area contributed by atoms with Crippen LogP contribution in [0.2, 0.25) is 0 Å². The number of amides is 1.